The van der Waals surface area contributed by atoms with Crippen molar-refractivity contribution >= 4 is 36.3 Å². The number of rotatable bonds is 8. The van der Waals surface area contributed by atoms with E-state index in [-0.39, 0.29) is 12.3 Å². The molecule has 4 atom stereocenters. The van der Waals surface area contributed by atoms with Crippen molar-refractivity contribution in [3.63, 3.8) is 0 Å². The van der Waals surface area contributed by atoms with Crippen molar-refractivity contribution in [3.05, 3.63) is 0 Å². The van der Waals surface area contributed by atoms with Gasteiger partial charge < -0.3 is 31.5 Å². The molecule has 1 fully saturated rings. The molecule has 4 unspecified atom stereocenters. The van der Waals surface area contributed by atoms with Crippen LogP contribution in [0.4, 0.5) is 0 Å². The van der Waals surface area contributed by atoms with Gasteiger partial charge in [-0.3, -0.25) is 14.4 Å². The molecule has 1 aliphatic heterocycles. The van der Waals surface area contributed by atoms with Gasteiger partial charge in [-0.1, -0.05) is 0 Å². The predicted octanol–water partition coefficient (Wildman–Crippen LogP) is -2.70. The van der Waals surface area contributed by atoms with Crippen LogP contribution >= 0.6 is 12.6 Å². The van der Waals surface area contributed by atoms with Crippen LogP contribution in [0.15, 0.2) is 0 Å². The average Bonchev–Trinajstić information content (AvgIpc) is 3.07. The van der Waals surface area contributed by atoms with Gasteiger partial charge in [-0.15, -0.1) is 0 Å². The molecule has 10 nitrogen and oxygen atoms in total. The molecule has 0 radical (unpaired) electrons. The molecule has 0 saturated carbocycles. The molecule has 1 heterocycles. The highest BCUT2D eigenvalue weighted by atomic mass is 32.1. The van der Waals surface area contributed by atoms with Gasteiger partial charge in [-0.25, -0.2) is 4.79 Å². The lowest BCUT2D eigenvalue weighted by atomic mass is 10.2. The van der Waals surface area contributed by atoms with Crippen molar-refractivity contribution in [2.24, 2.45) is 5.73 Å². The van der Waals surface area contributed by atoms with Crippen LogP contribution in [0.5, 0.6) is 0 Å². The van der Waals surface area contributed by atoms with Crippen molar-refractivity contribution in [1.29, 1.82) is 0 Å². The average molecular weight is 376 g/mol. The molecular formula is C14H24N4O6S. The van der Waals surface area contributed by atoms with Crippen LogP contribution in [0.3, 0.4) is 0 Å². The van der Waals surface area contributed by atoms with E-state index in [0.717, 1.165) is 4.90 Å². The lowest BCUT2D eigenvalue weighted by molar-refractivity contribution is -0.150. The first-order valence-corrected chi connectivity index (χ1v) is 8.47. The van der Waals surface area contributed by atoms with Crippen LogP contribution in [-0.4, -0.2) is 81.9 Å². The molecule has 0 aromatic rings. The number of hydrogen-bond acceptors (Lipinski definition) is 7. The first-order valence-electron chi connectivity index (χ1n) is 7.84. The number of nitrogens with two attached hydrogens (primary N) is 1. The van der Waals surface area contributed by atoms with Gasteiger partial charge in [0.2, 0.25) is 17.7 Å². The minimum absolute atomic E-state index is 0.101. The molecule has 11 heteroatoms. The Bertz CT molecular complexity index is 531. The monoisotopic (exact) mass is 376 g/mol. The second-order valence-electron chi connectivity index (χ2n) is 5.79. The largest absolute Gasteiger partial charge is 0.480 e. The summed E-state index contributed by atoms with van der Waals surface area (Å²) in [7, 11) is 0. The highest BCUT2D eigenvalue weighted by molar-refractivity contribution is 7.80. The van der Waals surface area contributed by atoms with Gasteiger partial charge in [0, 0.05) is 12.3 Å². The normalized spacial score (nSPS) is 20.5. The maximum atomic E-state index is 12.4. The standard InChI is InChI=1S/C14H24N4O6S/c1-7(16-12(21)8(15)6-25)11(20)17-9(5-19)13(22)18-4-2-3-10(18)14(23)24/h7-10,19,25H,2-6,15H2,1H3,(H,16,21)(H,17,20)(H,23,24). The summed E-state index contributed by atoms with van der Waals surface area (Å²) in [5.74, 6) is -2.97. The minimum atomic E-state index is -1.29. The van der Waals surface area contributed by atoms with Crippen LogP contribution in [0.2, 0.25) is 0 Å². The third-order valence-corrected chi connectivity index (χ3v) is 4.30. The smallest absolute Gasteiger partial charge is 0.326 e. The van der Waals surface area contributed by atoms with Crippen molar-refractivity contribution in [2.45, 2.75) is 43.9 Å². The number of thiol groups is 1. The Morgan fingerprint density at radius 1 is 1.28 bits per heavy atom. The Morgan fingerprint density at radius 3 is 2.44 bits per heavy atom. The quantitative estimate of drug-likeness (QED) is 0.251. The number of carbonyl (C=O) groups excluding carboxylic acids is 3. The molecule has 1 rings (SSSR count). The van der Waals surface area contributed by atoms with Crippen LogP contribution in [0.25, 0.3) is 0 Å². The number of aliphatic carboxylic acids is 1. The summed E-state index contributed by atoms with van der Waals surface area (Å²) in [5.41, 5.74) is 5.49. The first-order chi connectivity index (χ1) is 11.7. The van der Waals surface area contributed by atoms with Gasteiger partial charge in [0.25, 0.3) is 0 Å². The summed E-state index contributed by atoms with van der Waals surface area (Å²) in [6.07, 6.45) is 0.851. The number of hydrogen-bond donors (Lipinski definition) is 6. The van der Waals surface area contributed by atoms with Crippen molar-refractivity contribution in [2.75, 3.05) is 18.9 Å². The molecule has 3 amide bonds. The number of likely N-dealkylation sites (tertiary alicyclic amines) is 1. The number of carbonyl (C=O) groups is 4. The third-order valence-electron chi connectivity index (χ3n) is 3.90. The fourth-order valence-corrected chi connectivity index (χ4v) is 2.60. The highest BCUT2D eigenvalue weighted by Crippen LogP contribution is 2.18. The zero-order valence-corrected chi connectivity index (χ0v) is 14.7. The molecule has 0 aromatic heterocycles. The molecule has 142 valence electrons. The van der Waals surface area contributed by atoms with Gasteiger partial charge in [0.15, 0.2) is 0 Å². The number of amides is 3. The number of carboxylic acids is 1. The van der Waals surface area contributed by atoms with Crippen LogP contribution in [0.1, 0.15) is 19.8 Å². The molecule has 1 aliphatic rings. The maximum Gasteiger partial charge on any atom is 0.326 e. The predicted molar refractivity (Wildman–Crippen MR) is 90.8 cm³/mol. The van der Waals surface area contributed by atoms with Crippen molar-refractivity contribution < 1.29 is 29.4 Å². The molecular weight excluding hydrogens is 352 g/mol. The Labute approximate surface area is 150 Å². The second-order valence-corrected chi connectivity index (χ2v) is 6.16. The molecule has 25 heavy (non-hydrogen) atoms. The van der Waals surface area contributed by atoms with Gasteiger partial charge in [-0.05, 0) is 19.8 Å². The summed E-state index contributed by atoms with van der Waals surface area (Å²) in [5, 5.41) is 23.2. The number of aliphatic hydroxyl groups is 1. The van der Waals surface area contributed by atoms with Gasteiger partial charge >= 0.3 is 5.97 Å². The zero-order valence-electron chi connectivity index (χ0n) is 13.8. The molecule has 0 aliphatic carbocycles. The van der Waals surface area contributed by atoms with Gasteiger partial charge in [0.1, 0.15) is 18.1 Å². The molecule has 0 bridgehead atoms. The topological polar surface area (TPSA) is 162 Å². The Balaban J connectivity index is 2.68. The van der Waals surface area contributed by atoms with Crippen LogP contribution in [-0.2, 0) is 19.2 Å². The van der Waals surface area contributed by atoms with E-state index in [1.54, 1.807) is 0 Å². The van der Waals surface area contributed by atoms with Crippen LogP contribution in [0, 0.1) is 0 Å². The Kier molecular flexibility index (Phi) is 8.13. The lowest BCUT2D eigenvalue weighted by Gasteiger charge is -2.27. The van der Waals surface area contributed by atoms with Crippen molar-refractivity contribution in [3.8, 4) is 0 Å². The van der Waals surface area contributed by atoms with E-state index in [1.165, 1.54) is 6.92 Å². The lowest BCUT2D eigenvalue weighted by Crippen LogP contribution is -2.57. The number of carboxylic acid groups (broad SMARTS) is 1. The third kappa shape index (κ3) is 5.58. The number of nitrogens with one attached hydrogen (secondary N) is 2. The number of aliphatic hydroxyl groups excluding tert-OH is 1. The molecule has 0 aromatic carbocycles. The van der Waals surface area contributed by atoms with E-state index < -0.39 is 54.5 Å². The van der Waals surface area contributed by atoms with E-state index in [4.69, 9.17) is 10.8 Å². The Morgan fingerprint density at radius 2 is 1.92 bits per heavy atom. The molecule has 0 spiro atoms. The first kappa shape index (κ1) is 21.2. The number of nitrogens with zero attached hydrogens (tertiary/aromatic N) is 1. The van der Waals surface area contributed by atoms with Crippen LogP contribution < -0.4 is 16.4 Å². The Hall–Kier alpha value is -1.85. The summed E-state index contributed by atoms with van der Waals surface area (Å²) < 4.78 is 0. The zero-order chi connectivity index (χ0) is 19.1. The summed E-state index contributed by atoms with van der Waals surface area (Å²) >= 11 is 3.88. The van der Waals surface area contributed by atoms with E-state index in [1.807, 2.05) is 0 Å². The summed E-state index contributed by atoms with van der Waals surface area (Å²) in [4.78, 5) is 48.4. The second kappa shape index (κ2) is 9.59. The fourth-order valence-electron chi connectivity index (χ4n) is 2.44. The van der Waals surface area contributed by atoms with Gasteiger partial charge in [0.05, 0.1) is 12.6 Å². The summed E-state index contributed by atoms with van der Waals surface area (Å²) in [6.45, 7) is 0.947. The summed E-state index contributed by atoms with van der Waals surface area (Å²) in [6, 6.07) is -4.13. The highest BCUT2D eigenvalue weighted by Gasteiger charge is 2.37. The molecule has 1 saturated heterocycles. The fraction of sp³-hybridized carbons (Fsp3) is 0.714. The van der Waals surface area contributed by atoms with E-state index in [0.29, 0.717) is 12.8 Å². The SMILES string of the molecule is CC(NC(=O)C(N)CS)C(=O)NC(CO)C(=O)N1CCCC1C(=O)O. The maximum absolute atomic E-state index is 12.4. The van der Waals surface area contributed by atoms with E-state index in [9.17, 15) is 24.3 Å². The minimum Gasteiger partial charge on any atom is -0.480 e. The molecule has 6 N–H and O–H groups in total. The van der Waals surface area contributed by atoms with Crippen molar-refractivity contribution in [1.82, 2.24) is 15.5 Å². The van der Waals surface area contributed by atoms with Gasteiger partial charge in [-0.2, -0.15) is 12.6 Å². The van der Waals surface area contributed by atoms with E-state index >= 15 is 0 Å². The van der Waals surface area contributed by atoms with E-state index in [2.05, 4.69) is 23.3 Å².